The molecule has 0 bridgehead atoms. The molecule has 0 unspecified atom stereocenters. The van der Waals surface area contributed by atoms with Crippen LogP contribution in [0.15, 0.2) is 70.6 Å². The van der Waals surface area contributed by atoms with Crippen LogP contribution in [0.4, 0.5) is 0 Å². The molecule has 0 aliphatic carbocycles. The Morgan fingerprint density at radius 3 is 2.71 bits per heavy atom. The van der Waals surface area contributed by atoms with Gasteiger partial charge in [0.1, 0.15) is 5.75 Å². The Balaban J connectivity index is 1.60. The first-order valence-corrected chi connectivity index (χ1v) is 7.34. The molecule has 3 rings (SSSR count). The largest absolute Gasteiger partial charge is 0.484 e. The van der Waals surface area contributed by atoms with E-state index in [1.807, 2.05) is 42.5 Å². The Morgan fingerprint density at radius 2 is 1.88 bits per heavy atom. The topological polar surface area (TPSA) is 83.5 Å². The van der Waals surface area contributed by atoms with Gasteiger partial charge in [0.15, 0.2) is 6.61 Å². The lowest BCUT2D eigenvalue weighted by molar-refractivity contribution is -0.123. The van der Waals surface area contributed by atoms with Crippen molar-refractivity contribution in [1.29, 1.82) is 0 Å². The fourth-order valence-corrected chi connectivity index (χ4v) is 2.13. The number of carbonyl (C=O) groups is 1. The summed E-state index contributed by atoms with van der Waals surface area (Å²) in [6, 6.07) is 18.1. The maximum Gasteiger partial charge on any atom is 0.277 e. The number of hydrogen-bond donors (Lipinski definition) is 2. The number of fused-ring (bicyclic) bond motifs is 1. The van der Waals surface area contributed by atoms with E-state index in [2.05, 4.69) is 15.5 Å². The van der Waals surface area contributed by atoms with Crippen molar-refractivity contribution in [3.05, 3.63) is 76.6 Å². The first-order chi connectivity index (χ1) is 11.7. The highest BCUT2D eigenvalue weighted by atomic mass is 16.5. The first kappa shape index (κ1) is 15.5. The Kier molecular flexibility index (Phi) is 4.67. The molecule has 0 saturated heterocycles. The standard InChI is InChI=1S/C18H15N3O3/c22-17(12-24-15-7-2-1-3-8-15)21-19-11-14-10-13-6-4-5-9-16(13)20-18(14)23/h1-11H,12H2,(H,20,23)(H,21,22)/b19-11+. The predicted octanol–water partition coefficient (Wildman–Crippen LogP) is 2.06. The van der Waals surface area contributed by atoms with Gasteiger partial charge in [-0.1, -0.05) is 36.4 Å². The summed E-state index contributed by atoms with van der Waals surface area (Å²) in [5, 5.41) is 4.68. The van der Waals surface area contributed by atoms with Crippen molar-refractivity contribution in [2.24, 2.45) is 5.10 Å². The third-order valence-corrected chi connectivity index (χ3v) is 3.29. The molecule has 2 N–H and O–H groups in total. The zero-order valence-electron chi connectivity index (χ0n) is 12.7. The van der Waals surface area contributed by atoms with E-state index >= 15 is 0 Å². The van der Waals surface area contributed by atoms with E-state index in [1.165, 1.54) is 6.21 Å². The minimum absolute atomic E-state index is 0.157. The van der Waals surface area contributed by atoms with Gasteiger partial charge in [-0.05, 0) is 29.7 Å². The minimum Gasteiger partial charge on any atom is -0.484 e. The van der Waals surface area contributed by atoms with Crippen LogP contribution in [0.2, 0.25) is 0 Å². The highest BCUT2D eigenvalue weighted by Crippen LogP contribution is 2.09. The third-order valence-electron chi connectivity index (χ3n) is 3.29. The fraction of sp³-hybridized carbons (Fsp3) is 0.0556. The molecule has 0 aliphatic rings. The Morgan fingerprint density at radius 1 is 1.12 bits per heavy atom. The monoisotopic (exact) mass is 321 g/mol. The summed E-state index contributed by atoms with van der Waals surface area (Å²) in [6.07, 6.45) is 1.31. The van der Waals surface area contributed by atoms with E-state index < -0.39 is 5.91 Å². The summed E-state index contributed by atoms with van der Waals surface area (Å²) in [5.41, 5.74) is 3.17. The number of hydrazone groups is 1. The Labute approximate surface area is 137 Å². The van der Waals surface area contributed by atoms with Gasteiger partial charge in [-0.25, -0.2) is 5.43 Å². The molecular formula is C18H15N3O3. The lowest BCUT2D eigenvalue weighted by Gasteiger charge is -2.04. The van der Waals surface area contributed by atoms with Gasteiger partial charge in [-0.15, -0.1) is 0 Å². The van der Waals surface area contributed by atoms with Crippen molar-refractivity contribution in [1.82, 2.24) is 10.4 Å². The second kappa shape index (κ2) is 7.23. The predicted molar refractivity (Wildman–Crippen MR) is 92.2 cm³/mol. The summed E-state index contributed by atoms with van der Waals surface area (Å²) in [4.78, 5) is 26.4. The number of nitrogens with zero attached hydrogens (tertiary/aromatic N) is 1. The van der Waals surface area contributed by atoms with Crippen LogP contribution in [-0.4, -0.2) is 23.7 Å². The molecular weight excluding hydrogens is 306 g/mol. The van der Waals surface area contributed by atoms with Crippen molar-refractivity contribution < 1.29 is 9.53 Å². The number of carbonyl (C=O) groups excluding carboxylic acids is 1. The maximum absolute atomic E-state index is 11.9. The van der Waals surface area contributed by atoms with Gasteiger partial charge in [0.2, 0.25) is 0 Å². The zero-order valence-corrected chi connectivity index (χ0v) is 12.7. The lowest BCUT2D eigenvalue weighted by atomic mass is 10.2. The number of H-pyrrole nitrogens is 1. The molecule has 0 spiro atoms. The van der Waals surface area contributed by atoms with Gasteiger partial charge >= 0.3 is 0 Å². The lowest BCUT2D eigenvalue weighted by Crippen LogP contribution is -2.25. The normalized spacial score (nSPS) is 10.8. The smallest absolute Gasteiger partial charge is 0.277 e. The summed E-state index contributed by atoms with van der Waals surface area (Å²) >= 11 is 0. The van der Waals surface area contributed by atoms with Crippen molar-refractivity contribution in [3.63, 3.8) is 0 Å². The van der Waals surface area contributed by atoms with Gasteiger partial charge < -0.3 is 9.72 Å². The van der Waals surface area contributed by atoms with Crippen LogP contribution in [0.3, 0.4) is 0 Å². The number of rotatable bonds is 5. The van der Waals surface area contributed by atoms with E-state index in [9.17, 15) is 9.59 Å². The van der Waals surface area contributed by atoms with Crippen LogP contribution in [0, 0.1) is 0 Å². The van der Waals surface area contributed by atoms with Crippen molar-refractivity contribution in [2.45, 2.75) is 0 Å². The van der Waals surface area contributed by atoms with Crippen molar-refractivity contribution in [3.8, 4) is 5.75 Å². The summed E-state index contributed by atoms with van der Waals surface area (Å²) in [7, 11) is 0. The molecule has 1 heterocycles. The van der Waals surface area contributed by atoms with Crippen LogP contribution in [0.25, 0.3) is 10.9 Å². The number of hydrogen-bond acceptors (Lipinski definition) is 4. The Hall–Kier alpha value is -3.41. The fourth-order valence-electron chi connectivity index (χ4n) is 2.13. The van der Waals surface area contributed by atoms with Gasteiger partial charge in [0, 0.05) is 5.52 Å². The molecule has 0 aliphatic heterocycles. The van der Waals surface area contributed by atoms with Crippen molar-refractivity contribution >= 4 is 23.0 Å². The van der Waals surface area contributed by atoms with E-state index in [1.54, 1.807) is 18.2 Å². The number of ether oxygens (including phenoxy) is 1. The number of benzene rings is 2. The number of aromatic amines is 1. The number of aromatic nitrogens is 1. The highest BCUT2D eigenvalue weighted by Gasteiger charge is 2.02. The molecule has 2 aromatic carbocycles. The third kappa shape index (κ3) is 3.86. The van der Waals surface area contributed by atoms with E-state index in [-0.39, 0.29) is 12.2 Å². The highest BCUT2D eigenvalue weighted by molar-refractivity contribution is 5.88. The van der Waals surface area contributed by atoms with Gasteiger partial charge in [-0.2, -0.15) is 5.10 Å². The number of nitrogens with one attached hydrogen (secondary N) is 2. The molecule has 1 aromatic heterocycles. The summed E-state index contributed by atoms with van der Waals surface area (Å²) in [6.45, 7) is -0.157. The van der Waals surface area contributed by atoms with Gasteiger partial charge in [0.05, 0.1) is 11.8 Å². The number of amides is 1. The number of para-hydroxylation sites is 2. The van der Waals surface area contributed by atoms with E-state index in [0.717, 1.165) is 10.9 Å². The zero-order chi connectivity index (χ0) is 16.8. The second-order valence-corrected chi connectivity index (χ2v) is 5.04. The Bertz CT molecular complexity index is 933. The molecule has 1 amide bonds. The molecule has 0 radical (unpaired) electrons. The van der Waals surface area contributed by atoms with Crippen LogP contribution >= 0.6 is 0 Å². The van der Waals surface area contributed by atoms with Gasteiger partial charge in [0.25, 0.3) is 11.5 Å². The molecule has 0 saturated carbocycles. The van der Waals surface area contributed by atoms with Crippen LogP contribution in [0.1, 0.15) is 5.56 Å². The maximum atomic E-state index is 11.9. The average molecular weight is 321 g/mol. The molecule has 0 fully saturated rings. The SMILES string of the molecule is O=C(COc1ccccc1)N/N=C/c1cc2ccccc2[nH]c1=O. The molecule has 24 heavy (non-hydrogen) atoms. The quantitative estimate of drug-likeness (QED) is 0.557. The molecule has 6 nitrogen and oxygen atoms in total. The molecule has 3 aromatic rings. The van der Waals surface area contributed by atoms with Gasteiger partial charge in [-0.3, -0.25) is 9.59 Å². The number of pyridine rings is 1. The molecule has 0 atom stereocenters. The second-order valence-electron chi connectivity index (χ2n) is 5.04. The van der Waals surface area contributed by atoms with E-state index in [4.69, 9.17) is 4.74 Å². The first-order valence-electron chi connectivity index (χ1n) is 7.34. The summed E-state index contributed by atoms with van der Waals surface area (Å²) in [5.74, 6) is 0.190. The van der Waals surface area contributed by atoms with E-state index in [0.29, 0.717) is 11.3 Å². The molecule has 6 heteroatoms. The average Bonchev–Trinajstić information content (AvgIpc) is 2.61. The van der Waals surface area contributed by atoms with Crippen molar-refractivity contribution in [2.75, 3.05) is 6.61 Å². The van der Waals surface area contributed by atoms with Crippen LogP contribution in [0.5, 0.6) is 5.75 Å². The minimum atomic E-state index is -0.410. The molecule has 120 valence electrons. The van der Waals surface area contributed by atoms with Crippen LogP contribution in [-0.2, 0) is 4.79 Å². The summed E-state index contributed by atoms with van der Waals surface area (Å²) < 4.78 is 5.30. The van der Waals surface area contributed by atoms with Crippen LogP contribution < -0.4 is 15.7 Å².